The highest BCUT2D eigenvalue weighted by molar-refractivity contribution is 5.80. The summed E-state index contributed by atoms with van der Waals surface area (Å²) in [5.74, 6) is -0.714. The Bertz CT molecular complexity index is 323. The van der Waals surface area contributed by atoms with Gasteiger partial charge in [-0.15, -0.1) is 0 Å². The van der Waals surface area contributed by atoms with Gasteiger partial charge in [0.2, 0.25) is 0 Å². The highest BCUT2D eigenvalue weighted by atomic mass is 16.4. The van der Waals surface area contributed by atoms with E-state index in [4.69, 9.17) is 5.11 Å². The van der Waals surface area contributed by atoms with Crippen molar-refractivity contribution in [1.82, 2.24) is 10.2 Å². The first-order valence-corrected chi connectivity index (χ1v) is 7.11. The standard InChI is InChI=1S/C14H26N2O3/c1-11(2)9-16(10-12(17)18)13(19)15-14(3)7-5-4-6-8-14/h11H,4-10H2,1-3H3,(H,15,19)(H,17,18). The van der Waals surface area contributed by atoms with Crippen LogP contribution in [0.4, 0.5) is 4.79 Å². The summed E-state index contributed by atoms with van der Waals surface area (Å²) in [6, 6.07) is -0.250. The maximum absolute atomic E-state index is 12.2. The summed E-state index contributed by atoms with van der Waals surface area (Å²) in [7, 11) is 0. The van der Waals surface area contributed by atoms with Gasteiger partial charge in [-0.05, 0) is 25.7 Å². The molecule has 2 amide bonds. The molecular weight excluding hydrogens is 244 g/mol. The Kier molecular flexibility index (Phi) is 5.63. The zero-order valence-corrected chi connectivity index (χ0v) is 12.2. The van der Waals surface area contributed by atoms with Gasteiger partial charge in [-0.1, -0.05) is 33.1 Å². The summed E-state index contributed by atoms with van der Waals surface area (Å²) in [4.78, 5) is 24.5. The predicted molar refractivity (Wildman–Crippen MR) is 74.1 cm³/mol. The Morgan fingerprint density at radius 1 is 1.26 bits per heavy atom. The molecule has 110 valence electrons. The van der Waals surface area contributed by atoms with Crippen LogP contribution in [0.2, 0.25) is 0 Å². The molecule has 0 aromatic carbocycles. The van der Waals surface area contributed by atoms with Gasteiger partial charge in [-0.25, -0.2) is 4.79 Å². The van der Waals surface area contributed by atoms with E-state index in [0.29, 0.717) is 6.54 Å². The van der Waals surface area contributed by atoms with Crippen LogP contribution in [0.1, 0.15) is 52.9 Å². The molecule has 0 aromatic heterocycles. The Labute approximate surface area is 115 Å². The second-order valence-electron chi connectivity index (χ2n) is 6.22. The maximum Gasteiger partial charge on any atom is 0.323 e. The number of carbonyl (C=O) groups is 2. The Morgan fingerprint density at radius 2 is 1.84 bits per heavy atom. The number of carboxylic acid groups (broad SMARTS) is 1. The molecule has 1 rings (SSSR count). The molecule has 19 heavy (non-hydrogen) atoms. The van der Waals surface area contributed by atoms with Crippen LogP contribution in [0.25, 0.3) is 0 Å². The largest absolute Gasteiger partial charge is 0.480 e. The molecular formula is C14H26N2O3. The van der Waals surface area contributed by atoms with Crippen LogP contribution in [-0.2, 0) is 4.79 Å². The van der Waals surface area contributed by atoms with Crippen molar-refractivity contribution in [3.8, 4) is 0 Å². The normalized spacial score (nSPS) is 18.1. The number of rotatable bonds is 5. The predicted octanol–water partition coefficient (Wildman–Crippen LogP) is 2.46. The van der Waals surface area contributed by atoms with Crippen molar-refractivity contribution in [3.05, 3.63) is 0 Å². The van der Waals surface area contributed by atoms with Gasteiger partial charge in [-0.2, -0.15) is 0 Å². The molecule has 1 aliphatic rings. The molecule has 0 aromatic rings. The van der Waals surface area contributed by atoms with Crippen molar-refractivity contribution in [3.63, 3.8) is 0 Å². The molecule has 0 atom stereocenters. The first-order chi connectivity index (χ1) is 8.82. The van der Waals surface area contributed by atoms with E-state index < -0.39 is 5.97 Å². The summed E-state index contributed by atoms with van der Waals surface area (Å²) in [6.07, 6.45) is 5.42. The molecule has 0 heterocycles. The fourth-order valence-electron chi connectivity index (χ4n) is 2.62. The monoisotopic (exact) mass is 270 g/mol. The summed E-state index contributed by atoms with van der Waals surface area (Å²) in [5, 5.41) is 11.9. The molecule has 5 nitrogen and oxygen atoms in total. The molecule has 0 bridgehead atoms. The van der Waals surface area contributed by atoms with Crippen LogP contribution in [0, 0.1) is 5.92 Å². The Hall–Kier alpha value is -1.26. The lowest BCUT2D eigenvalue weighted by atomic mass is 9.83. The fraction of sp³-hybridized carbons (Fsp3) is 0.857. The Morgan fingerprint density at radius 3 is 2.32 bits per heavy atom. The lowest BCUT2D eigenvalue weighted by Gasteiger charge is -2.36. The first kappa shape index (κ1) is 15.8. The molecule has 5 heteroatoms. The van der Waals surface area contributed by atoms with Gasteiger partial charge in [0.05, 0.1) is 0 Å². The summed E-state index contributed by atoms with van der Waals surface area (Å²) >= 11 is 0. The van der Waals surface area contributed by atoms with Gasteiger partial charge in [0, 0.05) is 12.1 Å². The van der Waals surface area contributed by atoms with Gasteiger partial charge in [0.1, 0.15) is 6.54 Å². The minimum Gasteiger partial charge on any atom is -0.480 e. The number of aliphatic carboxylic acids is 1. The number of hydrogen-bond acceptors (Lipinski definition) is 2. The van der Waals surface area contributed by atoms with E-state index in [1.165, 1.54) is 11.3 Å². The highest BCUT2D eigenvalue weighted by Gasteiger charge is 2.30. The molecule has 0 radical (unpaired) electrons. The van der Waals surface area contributed by atoms with E-state index in [1.807, 2.05) is 13.8 Å². The zero-order chi connectivity index (χ0) is 14.5. The van der Waals surface area contributed by atoms with E-state index >= 15 is 0 Å². The number of carbonyl (C=O) groups excluding carboxylic acids is 1. The van der Waals surface area contributed by atoms with Crippen molar-refractivity contribution >= 4 is 12.0 Å². The van der Waals surface area contributed by atoms with Crippen LogP contribution in [0.3, 0.4) is 0 Å². The second kappa shape index (κ2) is 6.78. The SMILES string of the molecule is CC(C)CN(CC(=O)O)C(=O)NC1(C)CCCCC1. The first-order valence-electron chi connectivity index (χ1n) is 7.11. The quantitative estimate of drug-likeness (QED) is 0.806. The fourth-order valence-corrected chi connectivity index (χ4v) is 2.62. The average Bonchev–Trinajstić information content (AvgIpc) is 2.27. The lowest BCUT2D eigenvalue weighted by Crippen LogP contribution is -2.54. The van der Waals surface area contributed by atoms with Crippen molar-refractivity contribution in [2.24, 2.45) is 5.92 Å². The third-order valence-corrected chi connectivity index (χ3v) is 3.56. The summed E-state index contributed by atoms with van der Waals surface area (Å²) in [6.45, 7) is 6.24. The Balaban J connectivity index is 2.61. The van der Waals surface area contributed by atoms with Crippen LogP contribution < -0.4 is 5.32 Å². The van der Waals surface area contributed by atoms with Crippen molar-refractivity contribution in [2.45, 2.75) is 58.4 Å². The number of nitrogens with zero attached hydrogens (tertiary/aromatic N) is 1. The molecule has 0 saturated heterocycles. The molecule has 2 N–H and O–H groups in total. The smallest absolute Gasteiger partial charge is 0.323 e. The van der Waals surface area contributed by atoms with Crippen LogP contribution >= 0.6 is 0 Å². The second-order valence-corrected chi connectivity index (χ2v) is 6.22. The molecule has 1 fully saturated rings. The number of amides is 2. The van der Waals surface area contributed by atoms with Crippen molar-refractivity contribution < 1.29 is 14.7 Å². The van der Waals surface area contributed by atoms with Gasteiger partial charge in [0.15, 0.2) is 0 Å². The lowest BCUT2D eigenvalue weighted by molar-refractivity contribution is -0.137. The van der Waals surface area contributed by atoms with Gasteiger partial charge in [-0.3, -0.25) is 4.79 Å². The zero-order valence-electron chi connectivity index (χ0n) is 12.2. The van der Waals surface area contributed by atoms with Gasteiger partial charge in [0.25, 0.3) is 0 Å². The van der Waals surface area contributed by atoms with E-state index in [1.54, 1.807) is 0 Å². The van der Waals surface area contributed by atoms with E-state index in [2.05, 4.69) is 12.2 Å². The number of carboxylic acids is 1. The minimum atomic E-state index is -0.968. The number of urea groups is 1. The summed E-state index contributed by atoms with van der Waals surface area (Å²) < 4.78 is 0. The van der Waals surface area contributed by atoms with E-state index in [0.717, 1.165) is 25.7 Å². The van der Waals surface area contributed by atoms with E-state index in [9.17, 15) is 9.59 Å². The van der Waals surface area contributed by atoms with Gasteiger partial charge < -0.3 is 15.3 Å². The molecule has 0 unspecified atom stereocenters. The average molecular weight is 270 g/mol. The third-order valence-electron chi connectivity index (χ3n) is 3.56. The van der Waals surface area contributed by atoms with Crippen LogP contribution in [-0.4, -0.2) is 40.6 Å². The molecule has 0 aliphatic heterocycles. The third kappa shape index (κ3) is 5.49. The molecule has 1 saturated carbocycles. The topological polar surface area (TPSA) is 69.6 Å². The van der Waals surface area contributed by atoms with E-state index in [-0.39, 0.29) is 24.0 Å². The number of hydrogen-bond donors (Lipinski definition) is 2. The molecule has 0 spiro atoms. The van der Waals surface area contributed by atoms with Gasteiger partial charge >= 0.3 is 12.0 Å². The maximum atomic E-state index is 12.2. The minimum absolute atomic E-state index is 0.178. The summed E-state index contributed by atoms with van der Waals surface area (Å²) in [5.41, 5.74) is -0.178. The van der Waals surface area contributed by atoms with Crippen LogP contribution in [0.5, 0.6) is 0 Å². The highest BCUT2D eigenvalue weighted by Crippen LogP contribution is 2.27. The van der Waals surface area contributed by atoms with Crippen molar-refractivity contribution in [1.29, 1.82) is 0 Å². The van der Waals surface area contributed by atoms with Crippen LogP contribution in [0.15, 0.2) is 0 Å². The van der Waals surface area contributed by atoms with Crippen molar-refractivity contribution in [2.75, 3.05) is 13.1 Å². The number of nitrogens with one attached hydrogen (secondary N) is 1. The molecule has 1 aliphatic carbocycles.